The van der Waals surface area contributed by atoms with Gasteiger partial charge in [0.25, 0.3) is 0 Å². The van der Waals surface area contributed by atoms with Crippen molar-refractivity contribution in [3.8, 4) is 11.6 Å². The fraction of sp³-hybridized carbons (Fsp3) is 0.154. The predicted molar refractivity (Wildman–Crippen MR) is 71.4 cm³/mol. The molecule has 1 aromatic carbocycles. The normalized spacial score (nSPS) is 10.4. The van der Waals surface area contributed by atoms with Crippen LogP contribution in [0.1, 0.15) is 11.3 Å². The molecule has 3 nitrogen and oxygen atoms in total. The van der Waals surface area contributed by atoms with E-state index in [2.05, 4.69) is 4.98 Å². The lowest BCUT2D eigenvalue weighted by molar-refractivity contribution is 0.275. The lowest BCUT2D eigenvalue weighted by Gasteiger charge is -2.08. The van der Waals surface area contributed by atoms with Gasteiger partial charge in [0.1, 0.15) is 5.75 Å². The van der Waals surface area contributed by atoms with Crippen LogP contribution in [0.2, 0.25) is 10.0 Å². The molecule has 0 radical (unpaired) electrons. The number of rotatable bonds is 3. The molecule has 2 rings (SSSR count). The third-order valence-corrected chi connectivity index (χ3v) is 3.16. The van der Waals surface area contributed by atoms with Crippen LogP contribution in [0.15, 0.2) is 30.3 Å². The van der Waals surface area contributed by atoms with Gasteiger partial charge in [-0.2, -0.15) is 0 Å². The Balaban J connectivity index is 2.25. The monoisotopic (exact) mass is 283 g/mol. The fourth-order valence-corrected chi connectivity index (χ4v) is 1.72. The second kappa shape index (κ2) is 5.57. The van der Waals surface area contributed by atoms with Gasteiger partial charge in [0, 0.05) is 11.1 Å². The van der Waals surface area contributed by atoms with Crippen molar-refractivity contribution in [1.29, 1.82) is 0 Å². The molecule has 0 spiro atoms. The zero-order chi connectivity index (χ0) is 13.1. The summed E-state index contributed by atoms with van der Waals surface area (Å²) in [5, 5.41) is 10.2. The average molecular weight is 284 g/mol. The Hall–Kier alpha value is -1.29. The molecule has 2 aromatic rings. The molecular formula is C13H11Cl2NO2. The molecule has 0 saturated heterocycles. The molecule has 1 N–H and O–H groups in total. The van der Waals surface area contributed by atoms with E-state index in [0.29, 0.717) is 27.4 Å². The summed E-state index contributed by atoms with van der Waals surface area (Å²) in [5.74, 6) is 1.01. The van der Waals surface area contributed by atoms with Crippen LogP contribution in [-0.4, -0.2) is 10.1 Å². The highest BCUT2D eigenvalue weighted by Crippen LogP contribution is 2.26. The highest BCUT2D eigenvalue weighted by molar-refractivity contribution is 6.31. The van der Waals surface area contributed by atoms with E-state index < -0.39 is 0 Å². The zero-order valence-electron chi connectivity index (χ0n) is 9.65. The Bertz CT molecular complexity index is 573. The third kappa shape index (κ3) is 2.93. The molecule has 18 heavy (non-hydrogen) atoms. The van der Waals surface area contributed by atoms with Gasteiger partial charge in [-0.1, -0.05) is 23.2 Å². The van der Waals surface area contributed by atoms with Crippen molar-refractivity contribution < 1.29 is 9.84 Å². The second-order valence-corrected chi connectivity index (χ2v) is 4.56. The maximum absolute atomic E-state index is 9.07. The minimum absolute atomic E-state index is 0.227. The van der Waals surface area contributed by atoms with E-state index in [4.69, 9.17) is 33.0 Å². The van der Waals surface area contributed by atoms with Crippen LogP contribution in [0.3, 0.4) is 0 Å². The summed E-state index contributed by atoms with van der Waals surface area (Å²) in [4.78, 5) is 4.10. The molecule has 0 bridgehead atoms. The molecule has 94 valence electrons. The number of nitrogens with zero attached hydrogens (tertiary/aromatic N) is 1. The molecule has 5 heteroatoms. The van der Waals surface area contributed by atoms with Crippen molar-refractivity contribution in [1.82, 2.24) is 4.98 Å². The van der Waals surface area contributed by atoms with E-state index in [0.717, 1.165) is 5.56 Å². The minimum Gasteiger partial charge on any atom is -0.439 e. The first-order valence-electron chi connectivity index (χ1n) is 5.30. The molecule has 0 unspecified atom stereocenters. The number of halogens is 2. The fourth-order valence-electron chi connectivity index (χ4n) is 1.43. The number of aryl methyl sites for hydroxylation is 1. The van der Waals surface area contributed by atoms with E-state index in [9.17, 15) is 0 Å². The molecule has 0 fully saturated rings. The highest BCUT2D eigenvalue weighted by Gasteiger charge is 2.05. The summed E-state index contributed by atoms with van der Waals surface area (Å²) in [6.07, 6.45) is 0. The first-order valence-corrected chi connectivity index (χ1v) is 6.06. The Labute approximate surface area is 115 Å². The number of hydrogen-bond acceptors (Lipinski definition) is 3. The zero-order valence-corrected chi connectivity index (χ0v) is 11.2. The number of aliphatic hydroxyl groups excluding tert-OH is 1. The number of ether oxygens (including phenoxy) is 1. The molecule has 0 atom stereocenters. The van der Waals surface area contributed by atoms with Crippen LogP contribution in [0, 0.1) is 6.92 Å². The molecule has 0 amide bonds. The number of aromatic nitrogens is 1. The number of hydrogen-bond donors (Lipinski definition) is 1. The SMILES string of the molecule is Cc1cc(Oc2ccc(Cl)c(CO)n2)ccc1Cl. The quantitative estimate of drug-likeness (QED) is 0.926. The lowest BCUT2D eigenvalue weighted by Crippen LogP contribution is -1.94. The highest BCUT2D eigenvalue weighted by atomic mass is 35.5. The molecule has 1 heterocycles. The summed E-state index contributed by atoms with van der Waals surface area (Å²) < 4.78 is 5.57. The van der Waals surface area contributed by atoms with Gasteiger partial charge < -0.3 is 9.84 Å². The summed E-state index contributed by atoms with van der Waals surface area (Å²) in [6, 6.07) is 8.61. The van der Waals surface area contributed by atoms with Gasteiger partial charge in [-0.25, -0.2) is 4.98 Å². The van der Waals surface area contributed by atoms with Crippen molar-refractivity contribution >= 4 is 23.2 Å². The predicted octanol–water partition coefficient (Wildman–Crippen LogP) is 3.98. The van der Waals surface area contributed by atoms with E-state index in [1.165, 1.54) is 0 Å². The van der Waals surface area contributed by atoms with Gasteiger partial charge in [-0.3, -0.25) is 0 Å². The molecule has 0 aliphatic carbocycles. The van der Waals surface area contributed by atoms with Crippen molar-refractivity contribution in [3.05, 3.63) is 51.6 Å². The van der Waals surface area contributed by atoms with Crippen LogP contribution in [0.4, 0.5) is 0 Å². The van der Waals surface area contributed by atoms with Crippen molar-refractivity contribution in [2.45, 2.75) is 13.5 Å². The van der Waals surface area contributed by atoms with Crippen LogP contribution in [0.25, 0.3) is 0 Å². The molecule has 0 saturated carbocycles. The smallest absolute Gasteiger partial charge is 0.219 e. The van der Waals surface area contributed by atoms with Crippen LogP contribution in [0.5, 0.6) is 11.6 Å². The standard InChI is InChI=1S/C13H11Cl2NO2/c1-8-6-9(2-3-10(8)14)18-13-5-4-11(15)12(7-17)16-13/h2-6,17H,7H2,1H3. The second-order valence-electron chi connectivity index (χ2n) is 3.75. The maximum atomic E-state index is 9.07. The van der Waals surface area contributed by atoms with Crippen LogP contribution >= 0.6 is 23.2 Å². The van der Waals surface area contributed by atoms with Crippen LogP contribution < -0.4 is 4.74 Å². The first-order chi connectivity index (χ1) is 8.60. The van der Waals surface area contributed by atoms with Gasteiger partial charge >= 0.3 is 0 Å². The summed E-state index contributed by atoms with van der Waals surface area (Å²) in [5.41, 5.74) is 1.31. The van der Waals surface area contributed by atoms with E-state index >= 15 is 0 Å². The van der Waals surface area contributed by atoms with Gasteiger partial charge in [-0.05, 0) is 36.8 Å². The molecule has 0 aliphatic rings. The van der Waals surface area contributed by atoms with Crippen molar-refractivity contribution in [2.24, 2.45) is 0 Å². The Morgan fingerprint density at radius 2 is 1.89 bits per heavy atom. The van der Waals surface area contributed by atoms with E-state index in [-0.39, 0.29) is 6.61 Å². The lowest BCUT2D eigenvalue weighted by atomic mass is 10.2. The minimum atomic E-state index is -0.227. The van der Waals surface area contributed by atoms with Gasteiger partial charge in [0.2, 0.25) is 5.88 Å². The van der Waals surface area contributed by atoms with E-state index in [1.807, 2.05) is 13.0 Å². The number of benzene rings is 1. The maximum Gasteiger partial charge on any atom is 0.219 e. The molecule has 0 aliphatic heterocycles. The Kier molecular flexibility index (Phi) is 4.07. The third-order valence-electron chi connectivity index (χ3n) is 2.39. The Morgan fingerprint density at radius 1 is 1.17 bits per heavy atom. The van der Waals surface area contributed by atoms with E-state index in [1.54, 1.807) is 24.3 Å². The van der Waals surface area contributed by atoms with Gasteiger partial charge in [0.05, 0.1) is 17.3 Å². The first kappa shape index (κ1) is 13.1. The van der Waals surface area contributed by atoms with Gasteiger partial charge in [-0.15, -0.1) is 0 Å². The number of pyridine rings is 1. The van der Waals surface area contributed by atoms with Gasteiger partial charge in [0.15, 0.2) is 0 Å². The Morgan fingerprint density at radius 3 is 2.56 bits per heavy atom. The van der Waals surface area contributed by atoms with Crippen LogP contribution in [-0.2, 0) is 6.61 Å². The number of aliphatic hydroxyl groups is 1. The average Bonchev–Trinajstić information content (AvgIpc) is 2.36. The largest absolute Gasteiger partial charge is 0.439 e. The summed E-state index contributed by atoms with van der Waals surface area (Å²) in [6.45, 7) is 1.67. The van der Waals surface area contributed by atoms with Crippen molar-refractivity contribution in [3.63, 3.8) is 0 Å². The summed E-state index contributed by atoms with van der Waals surface area (Å²) in [7, 11) is 0. The topological polar surface area (TPSA) is 42.4 Å². The molecular weight excluding hydrogens is 273 g/mol. The molecule has 1 aromatic heterocycles. The summed E-state index contributed by atoms with van der Waals surface area (Å²) >= 11 is 11.8. The van der Waals surface area contributed by atoms with Crippen molar-refractivity contribution in [2.75, 3.05) is 0 Å².